The standard InChI is InChI=1S/C10H21N3O/c1-7-5-13(10(14)9(3)11)6-8(2)12(7)4/h7-9H,5-6,11H2,1-4H3/t7?,8?,9-/m0/s1. The Labute approximate surface area is 86.0 Å². The molecule has 1 fully saturated rings. The van der Waals surface area contributed by atoms with E-state index in [0.717, 1.165) is 13.1 Å². The predicted molar refractivity (Wildman–Crippen MR) is 56.9 cm³/mol. The van der Waals surface area contributed by atoms with Crippen molar-refractivity contribution in [3.63, 3.8) is 0 Å². The number of nitrogens with zero attached hydrogens (tertiary/aromatic N) is 2. The highest BCUT2D eigenvalue weighted by molar-refractivity contribution is 5.81. The van der Waals surface area contributed by atoms with Gasteiger partial charge in [0.1, 0.15) is 0 Å². The number of hydrogen-bond acceptors (Lipinski definition) is 3. The van der Waals surface area contributed by atoms with Crippen molar-refractivity contribution in [1.82, 2.24) is 9.80 Å². The van der Waals surface area contributed by atoms with Crippen molar-refractivity contribution >= 4 is 5.91 Å². The second-order valence-electron chi connectivity index (χ2n) is 4.40. The van der Waals surface area contributed by atoms with Crippen LogP contribution in [0.4, 0.5) is 0 Å². The van der Waals surface area contributed by atoms with Gasteiger partial charge in [0.05, 0.1) is 6.04 Å². The molecule has 1 aliphatic rings. The van der Waals surface area contributed by atoms with Gasteiger partial charge in [0.2, 0.25) is 5.91 Å². The molecule has 0 aromatic heterocycles. The molecular formula is C10H21N3O. The van der Waals surface area contributed by atoms with Crippen LogP contribution in [0.2, 0.25) is 0 Å². The average Bonchev–Trinajstić information content (AvgIpc) is 2.12. The number of amides is 1. The summed E-state index contributed by atoms with van der Waals surface area (Å²) in [7, 11) is 2.10. The predicted octanol–water partition coefficient (Wildman–Crippen LogP) is -0.115. The molecule has 1 amide bonds. The van der Waals surface area contributed by atoms with Crippen LogP contribution in [0, 0.1) is 0 Å². The van der Waals surface area contributed by atoms with Gasteiger partial charge in [-0.05, 0) is 27.8 Å². The fraction of sp³-hybridized carbons (Fsp3) is 0.900. The van der Waals surface area contributed by atoms with Gasteiger partial charge >= 0.3 is 0 Å². The van der Waals surface area contributed by atoms with Gasteiger partial charge in [-0.2, -0.15) is 0 Å². The first-order chi connectivity index (χ1) is 6.43. The summed E-state index contributed by atoms with van der Waals surface area (Å²) in [4.78, 5) is 15.8. The second kappa shape index (κ2) is 4.28. The van der Waals surface area contributed by atoms with Gasteiger partial charge < -0.3 is 10.6 Å². The molecule has 0 spiro atoms. The summed E-state index contributed by atoms with van der Waals surface area (Å²) in [6, 6.07) is 0.459. The van der Waals surface area contributed by atoms with Crippen LogP contribution in [0.5, 0.6) is 0 Å². The zero-order valence-electron chi connectivity index (χ0n) is 9.53. The van der Waals surface area contributed by atoms with Crippen LogP contribution >= 0.6 is 0 Å². The molecule has 0 aliphatic carbocycles. The Kier molecular flexibility index (Phi) is 3.50. The summed E-state index contributed by atoms with van der Waals surface area (Å²) >= 11 is 0. The SMILES string of the molecule is CC1CN(C(=O)[C@H](C)N)CC(C)N1C. The largest absolute Gasteiger partial charge is 0.338 e. The van der Waals surface area contributed by atoms with Gasteiger partial charge in [0, 0.05) is 25.2 Å². The van der Waals surface area contributed by atoms with Crippen molar-refractivity contribution in [2.24, 2.45) is 5.73 Å². The highest BCUT2D eigenvalue weighted by Gasteiger charge is 2.30. The summed E-state index contributed by atoms with van der Waals surface area (Å²) < 4.78 is 0. The van der Waals surface area contributed by atoms with E-state index in [0.29, 0.717) is 12.1 Å². The Balaban J connectivity index is 2.62. The van der Waals surface area contributed by atoms with E-state index in [-0.39, 0.29) is 11.9 Å². The van der Waals surface area contributed by atoms with Crippen molar-refractivity contribution in [2.45, 2.75) is 38.9 Å². The number of likely N-dealkylation sites (N-methyl/N-ethyl adjacent to an activating group) is 1. The third-order valence-electron chi connectivity index (χ3n) is 3.06. The fourth-order valence-electron chi connectivity index (χ4n) is 1.87. The third kappa shape index (κ3) is 2.25. The Morgan fingerprint density at radius 3 is 2.14 bits per heavy atom. The molecule has 3 atom stereocenters. The first kappa shape index (κ1) is 11.5. The van der Waals surface area contributed by atoms with Crippen molar-refractivity contribution < 1.29 is 4.79 Å². The molecule has 0 bridgehead atoms. The molecule has 4 heteroatoms. The highest BCUT2D eigenvalue weighted by Crippen LogP contribution is 2.13. The summed E-state index contributed by atoms with van der Waals surface area (Å²) in [5, 5.41) is 0. The van der Waals surface area contributed by atoms with Crippen molar-refractivity contribution in [3.8, 4) is 0 Å². The second-order valence-corrected chi connectivity index (χ2v) is 4.40. The lowest BCUT2D eigenvalue weighted by Crippen LogP contribution is -2.58. The van der Waals surface area contributed by atoms with E-state index in [2.05, 4.69) is 25.8 Å². The summed E-state index contributed by atoms with van der Waals surface area (Å²) in [5.74, 6) is 0.0665. The molecule has 1 rings (SSSR count). The van der Waals surface area contributed by atoms with Gasteiger partial charge in [0.15, 0.2) is 0 Å². The van der Waals surface area contributed by atoms with Gasteiger partial charge in [-0.25, -0.2) is 0 Å². The Hall–Kier alpha value is -0.610. The van der Waals surface area contributed by atoms with Crippen LogP contribution in [0.3, 0.4) is 0 Å². The van der Waals surface area contributed by atoms with Gasteiger partial charge in [0.25, 0.3) is 0 Å². The minimum atomic E-state index is -0.377. The molecule has 2 N–H and O–H groups in total. The Morgan fingerprint density at radius 1 is 1.36 bits per heavy atom. The lowest BCUT2D eigenvalue weighted by atomic mass is 10.1. The van der Waals surface area contributed by atoms with Gasteiger partial charge in [-0.3, -0.25) is 9.69 Å². The monoisotopic (exact) mass is 199 g/mol. The molecule has 0 radical (unpaired) electrons. The van der Waals surface area contributed by atoms with E-state index in [1.807, 2.05) is 4.90 Å². The van der Waals surface area contributed by atoms with Crippen molar-refractivity contribution in [2.75, 3.05) is 20.1 Å². The van der Waals surface area contributed by atoms with Crippen LogP contribution < -0.4 is 5.73 Å². The first-order valence-corrected chi connectivity index (χ1v) is 5.19. The third-order valence-corrected chi connectivity index (χ3v) is 3.06. The molecule has 14 heavy (non-hydrogen) atoms. The molecule has 82 valence electrons. The molecule has 0 saturated carbocycles. The molecule has 0 aromatic rings. The number of carbonyl (C=O) groups is 1. The maximum Gasteiger partial charge on any atom is 0.239 e. The van der Waals surface area contributed by atoms with E-state index < -0.39 is 0 Å². The van der Waals surface area contributed by atoms with E-state index in [4.69, 9.17) is 5.73 Å². The maximum atomic E-state index is 11.7. The number of carbonyl (C=O) groups excluding carboxylic acids is 1. The van der Waals surface area contributed by atoms with Crippen LogP contribution in [0.1, 0.15) is 20.8 Å². The Bertz CT molecular complexity index is 205. The molecular weight excluding hydrogens is 178 g/mol. The lowest BCUT2D eigenvalue weighted by Gasteiger charge is -2.42. The number of piperazine rings is 1. The fourth-order valence-corrected chi connectivity index (χ4v) is 1.87. The molecule has 0 aromatic carbocycles. The highest BCUT2D eigenvalue weighted by atomic mass is 16.2. The summed E-state index contributed by atoms with van der Waals surface area (Å²) in [6.07, 6.45) is 0. The minimum absolute atomic E-state index is 0.0665. The lowest BCUT2D eigenvalue weighted by molar-refractivity contribution is -0.136. The van der Waals surface area contributed by atoms with E-state index in [9.17, 15) is 4.79 Å². The summed E-state index contributed by atoms with van der Waals surface area (Å²) in [6.45, 7) is 7.60. The summed E-state index contributed by atoms with van der Waals surface area (Å²) in [5.41, 5.74) is 5.59. The topological polar surface area (TPSA) is 49.6 Å². The van der Waals surface area contributed by atoms with E-state index >= 15 is 0 Å². The van der Waals surface area contributed by atoms with Crippen LogP contribution in [0.15, 0.2) is 0 Å². The zero-order chi connectivity index (χ0) is 10.9. The molecule has 1 heterocycles. The zero-order valence-corrected chi connectivity index (χ0v) is 9.53. The maximum absolute atomic E-state index is 11.7. The minimum Gasteiger partial charge on any atom is -0.338 e. The van der Waals surface area contributed by atoms with Crippen LogP contribution in [0.25, 0.3) is 0 Å². The van der Waals surface area contributed by atoms with Crippen molar-refractivity contribution in [1.29, 1.82) is 0 Å². The smallest absolute Gasteiger partial charge is 0.239 e. The number of rotatable bonds is 1. The van der Waals surface area contributed by atoms with E-state index in [1.165, 1.54) is 0 Å². The molecule has 2 unspecified atom stereocenters. The van der Waals surface area contributed by atoms with Crippen molar-refractivity contribution in [3.05, 3.63) is 0 Å². The normalized spacial score (nSPS) is 31.6. The van der Waals surface area contributed by atoms with Gasteiger partial charge in [-0.15, -0.1) is 0 Å². The van der Waals surface area contributed by atoms with Crippen LogP contribution in [-0.2, 0) is 4.79 Å². The molecule has 1 aliphatic heterocycles. The first-order valence-electron chi connectivity index (χ1n) is 5.19. The Morgan fingerprint density at radius 2 is 1.79 bits per heavy atom. The van der Waals surface area contributed by atoms with Crippen LogP contribution in [-0.4, -0.2) is 54.0 Å². The average molecular weight is 199 g/mol. The molecule has 4 nitrogen and oxygen atoms in total. The quantitative estimate of drug-likeness (QED) is 0.641. The van der Waals surface area contributed by atoms with E-state index in [1.54, 1.807) is 6.92 Å². The number of hydrogen-bond donors (Lipinski definition) is 1. The molecule has 1 saturated heterocycles. The number of nitrogens with two attached hydrogens (primary N) is 1. The van der Waals surface area contributed by atoms with Gasteiger partial charge in [-0.1, -0.05) is 0 Å².